The fraction of sp³-hybridized carbons (Fsp3) is 0.535. The number of likely N-dealkylation sites (N-methyl/N-ethyl adjacent to an activating group) is 1. The van der Waals surface area contributed by atoms with Crippen molar-refractivity contribution in [2.45, 2.75) is 116 Å². The normalized spacial score (nSPS) is 16.6. The molecule has 1 saturated heterocycles. The Morgan fingerprint density at radius 2 is 1.56 bits per heavy atom. The van der Waals surface area contributed by atoms with Gasteiger partial charge < -0.3 is 28.8 Å². The summed E-state index contributed by atoms with van der Waals surface area (Å²) in [6.07, 6.45) is 7.44. The molecule has 1 unspecified atom stereocenters. The molecule has 0 spiro atoms. The van der Waals surface area contributed by atoms with Crippen LogP contribution >= 0.6 is 10.3 Å². The lowest BCUT2D eigenvalue weighted by Gasteiger charge is -2.50. The number of allylic oxidation sites excluding steroid dienone is 2. The molecule has 0 radical (unpaired) electrons. The van der Waals surface area contributed by atoms with Crippen molar-refractivity contribution in [3.63, 3.8) is 0 Å². The molecule has 2 heterocycles. The smallest absolute Gasteiger partial charge is 0.325 e. The number of para-hydroxylation sites is 2. The zero-order chi connectivity index (χ0) is 39.6. The van der Waals surface area contributed by atoms with Crippen molar-refractivity contribution in [2.24, 2.45) is 0 Å². The molecular weight excluding hydrogens is 701 g/mol. The molecule has 5 rings (SSSR count). The molecule has 1 aliphatic carbocycles. The topological polar surface area (TPSA) is 108 Å². The van der Waals surface area contributed by atoms with Crippen LogP contribution in [0, 0.1) is 0 Å². The monoisotopic (exact) mass is 762 g/mol. The summed E-state index contributed by atoms with van der Waals surface area (Å²) in [5.41, 5.74) is 5.54. The van der Waals surface area contributed by atoms with Gasteiger partial charge in [0.25, 0.3) is 5.91 Å². The second kappa shape index (κ2) is 19.5. The molecule has 2 aromatic rings. The zero-order valence-electron chi connectivity index (χ0n) is 33.9. The average Bonchev–Trinajstić information content (AvgIpc) is 3.69. The van der Waals surface area contributed by atoms with Crippen LogP contribution in [0.15, 0.2) is 65.8 Å². The van der Waals surface area contributed by atoms with Crippen molar-refractivity contribution < 1.29 is 28.1 Å². The Kier molecular flexibility index (Phi) is 15.4. The first kappa shape index (κ1) is 42.6. The molecule has 54 heavy (non-hydrogen) atoms. The number of rotatable bonds is 17. The Morgan fingerprint density at radius 1 is 0.907 bits per heavy atom. The summed E-state index contributed by atoms with van der Waals surface area (Å²) in [7, 11) is 0.309. The van der Waals surface area contributed by atoms with Crippen LogP contribution in [-0.2, 0) is 26.9 Å². The minimum Gasteiger partial charge on any atom is -0.487 e. The van der Waals surface area contributed by atoms with E-state index in [2.05, 4.69) is 59.0 Å². The molecule has 11 heteroatoms. The first-order valence-electron chi connectivity index (χ1n) is 19.6. The molecule has 1 fully saturated rings. The molecule has 0 saturated carbocycles. The molecule has 296 valence electrons. The third-order valence-corrected chi connectivity index (χ3v) is 15.4. The average molecular weight is 763 g/mol. The number of hydrogen-bond donors (Lipinski definition) is 1. The summed E-state index contributed by atoms with van der Waals surface area (Å²) in [6.45, 7) is 20.7. The van der Waals surface area contributed by atoms with Crippen molar-refractivity contribution >= 4 is 40.1 Å². The Balaban J connectivity index is 0.00000319. The van der Waals surface area contributed by atoms with Crippen LogP contribution in [0.25, 0.3) is 0 Å². The van der Waals surface area contributed by atoms with E-state index in [1.807, 2.05) is 50.2 Å². The summed E-state index contributed by atoms with van der Waals surface area (Å²) in [6, 6.07) is 12.5. The summed E-state index contributed by atoms with van der Waals surface area (Å²) in [5.74, 6) is 0.157. The zero-order valence-corrected chi connectivity index (χ0v) is 34.7. The van der Waals surface area contributed by atoms with Gasteiger partial charge in [-0.05, 0) is 59.7 Å². The van der Waals surface area contributed by atoms with Gasteiger partial charge in [0.05, 0.1) is 12.3 Å². The molecule has 0 aromatic heterocycles. The van der Waals surface area contributed by atoms with Gasteiger partial charge >= 0.3 is 6.03 Å². The predicted molar refractivity (Wildman–Crippen MR) is 220 cm³/mol. The van der Waals surface area contributed by atoms with Gasteiger partial charge in [0.15, 0.2) is 0 Å². The fourth-order valence-corrected chi connectivity index (χ4v) is 12.3. The maximum absolute atomic E-state index is 13.7. The third-order valence-electron chi connectivity index (χ3n) is 10.5. The molecule has 0 bridgehead atoms. The summed E-state index contributed by atoms with van der Waals surface area (Å²) in [5, 5.41) is 4.11. The maximum Gasteiger partial charge on any atom is 0.325 e. The van der Waals surface area contributed by atoms with Crippen molar-refractivity contribution in [3.8, 4) is 5.75 Å². The Bertz CT molecular complexity index is 1680. The molecule has 10 nitrogen and oxygen atoms in total. The SMILES string of the molecule is CC.CNC(=O)C(CCC=O)N1Cc2cc(CN3CCN(c4ccccc4OCC4=CC=C(COS(C(C)C)(C(C)C)C(C)C)CC4)C3=O)ccc2C1=O. The number of urea groups is 1. The van der Waals surface area contributed by atoms with Crippen LogP contribution in [0.2, 0.25) is 0 Å². The lowest BCUT2D eigenvalue weighted by molar-refractivity contribution is -0.125. The quantitative estimate of drug-likeness (QED) is 0.163. The second-order valence-corrected chi connectivity index (χ2v) is 19.1. The minimum atomic E-state index is -1.22. The van der Waals surface area contributed by atoms with Gasteiger partial charge in [0, 0.05) is 61.0 Å². The second-order valence-electron chi connectivity index (χ2n) is 14.7. The van der Waals surface area contributed by atoms with E-state index in [9.17, 15) is 19.2 Å². The lowest BCUT2D eigenvalue weighted by atomic mass is 9.99. The summed E-state index contributed by atoms with van der Waals surface area (Å²) in [4.78, 5) is 55.6. The van der Waals surface area contributed by atoms with Crippen LogP contribution in [0.3, 0.4) is 0 Å². The number of aldehydes is 1. The van der Waals surface area contributed by atoms with Crippen LogP contribution in [0.4, 0.5) is 10.5 Å². The number of nitrogens with one attached hydrogen (secondary N) is 1. The highest BCUT2D eigenvalue weighted by Crippen LogP contribution is 2.61. The molecule has 2 aliphatic heterocycles. The Hall–Kier alpha value is -4.09. The highest BCUT2D eigenvalue weighted by molar-refractivity contribution is 8.31. The number of ether oxygens (including phenoxy) is 1. The number of benzene rings is 2. The number of carbonyl (C=O) groups is 4. The van der Waals surface area contributed by atoms with E-state index in [1.54, 1.807) is 15.9 Å². The first-order chi connectivity index (χ1) is 25.9. The van der Waals surface area contributed by atoms with Gasteiger partial charge in [-0.1, -0.05) is 91.8 Å². The maximum atomic E-state index is 13.7. The first-order valence-corrected chi connectivity index (χ1v) is 21.3. The van der Waals surface area contributed by atoms with E-state index in [4.69, 9.17) is 8.92 Å². The van der Waals surface area contributed by atoms with E-state index in [0.29, 0.717) is 59.9 Å². The summed E-state index contributed by atoms with van der Waals surface area (Å²) >= 11 is 0. The number of amides is 4. The third kappa shape index (κ3) is 9.40. The minimum absolute atomic E-state index is 0.102. The van der Waals surface area contributed by atoms with Gasteiger partial charge in [-0.15, -0.1) is 10.3 Å². The highest BCUT2D eigenvalue weighted by Gasteiger charge is 2.38. The molecule has 4 amide bonds. The van der Waals surface area contributed by atoms with E-state index in [-0.39, 0.29) is 37.2 Å². The largest absolute Gasteiger partial charge is 0.487 e. The van der Waals surface area contributed by atoms with Crippen LogP contribution in [0.1, 0.15) is 103 Å². The van der Waals surface area contributed by atoms with Gasteiger partial charge in [-0.2, -0.15) is 0 Å². The molecule has 1 atom stereocenters. The highest BCUT2D eigenvalue weighted by atomic mass is 32.3. The van der Waals surface area contributed by atoms with Crippen LogP contribution in [-0.4, -0.2) is 89.1 Å². The van der Waals surface area contributed by atoms with Gasteiger partial charge in [0.1, 0.15) is 24.7 Å². The van der Waals surface area contributed by atoms with Crippen LogP contribution in [0.5, 0.6) is 5.75 Å². The number of fused-ring (bicyclic) bond motifs is 1. The van der Waals surface area contributed by atoms with E-state index in [1.165, 1.54) is 23.1 Å². The van der Waals surface area contributed by atoms with E-state index in [0.717, 1.165) is 35.9 Å². The Labute approximate surface area is 324 Å². The summed E-state index contributed by atoms with van der Waals surface area (Å²) < 4.78 is 13.1. The van der Waals surface area contributed by atoms with Gasteiger partial charge in [-0.3, -0.25) is 14.5 Å². The molecular formula is C43H62N4O6S. The van der Waals surface area contributed by atoms with Crippen molar-refractivity contribution in [3.05, 3.63) is 82.5 Å². The number of carbonyl (C=O) groups excluding carboxylic acids is 4. The van der Waals surface area contributed by atoms with E-state index >= 15 is 0 Å². The number of hydrogen-bond acceptors (Lipinski definition) is 6. The number of nitrogens with zero attached hydrogens (tertiary/aromatic N) is 3. The predicted octanol–water partition coefficient (Wildman–Crippen LogP) is 8.19. The van der Waals surface area contributed by atoms with Crippen molar-refractivity contribution in [2.75, 3.05) is 38.3 Å². The Morgan fingerprint density at radius 3 is 2.17 bits per heavy atom. The molecule has 3 aliphatic rings. The standard InChI is InChI=1S/C41H56N4O6S.C2H6/c1-28(2)52(29(3)4,30(5)6)51-27-32-16-14-31(15-17-32)26-50-38-13-9-8-11-36(38)44-21-20-43(41(44)49)24-33-18-19-35-34(23-33)25-45(40(35)48)37(12-10-22-46)39(47)42-7;1-2/h8-9,11,13-14,16,18-19,22-23,28-30,37H,10,12,15,17,20-21,24-27H2,1-7H3,(H,42,47);1-2H3. The van der Waals surface area contributed by atoms with Gasteiger partial charge in [0.2, 0.25) is 5.91 Å². The van der Waals surface area contributed by atoms with Gasteiger partial charge in [-0.25, -0.2) is 4.79 Å². The van der Waals surface area contributed by atoms with Crippen molar-refractivity contribution in [1.82, 2.24) is 15.1 Å². The van der Waals surface area contributed by atoms with Crippen molar-refractivity contribution in [1.29, 1.82) is 0 Å². The van der Waals surface area contributed by atoms with E-state index < -0.39 is 16.4 Å². The number of anilines is 1. The molecule has 2 aromatic carbocycles. The molecule has 1 N–H and O–H groups in total. The van der Waals surface area contributed by atoms with Crippen LogP contribution < -0.4 is 15.0 Å². The fourth-order valence-electron chi connectivity index (χ4n) is 7.90. The lowest BCUT2D eigenvalue weighted by Crippen LogP contribution is -2.46.